The summed E-state index contributed by atoms with van der Waals surface area (Å²) >= 11 is 0. The van der Waals surface area contributed by atoms with Gasteiger partial charge in [0.15, 0.2) is 0 Å². The molecule has 2 heteroatoms. The van der Waals surface area contributed by atoms with Gasteiger partial charge < -0.3 is 10.1 Å². The summed E-state index contributed by atoms with van der Waals surface area (Å²) < 4.78 is 5.79. The highest BCUT2D eigenvalue weighted by molar-refractivity contribution is 5.73. The van der Waals surface area contributed by atoms with Crippen molar-refractivity contribution in [3.05, 3.63) is 34.9 Å². The topological polar surface area (TPSA) is 21.3 Å². The number of nitrogens with one attached hydrogen (secondary N) is 1. The first-order chi connectivity index (χ1) is 9.43. The monoisotopic (exact) mass is 273 g/mol. The van der Waals surface area contributed by atoms with Crippen LogP contribution in [-0.2, 0) is 5.41 Å². The highest BCUT2D eigenvalue weighted by Gasteiger charge is 2.23. The normalized spacial score (nSPS) is 16.6. The SMILES string of the molecule is COc1c(C2=CCCNCC2)cc(C)cc1C(C)(C)C. The van der Waals surface area contributed by atoms with Crippen LogP contribution in [-0.4, -0.2) is 20.2 Å². The smallest absolute Gasteiger partial charge is 0.130 e. The van der Waals surface area contributed by atoms with Crippen LogP contribution >= 0.6 is 0 Å². The molecule has 0 aliphatic carbocycles. The van der Waals surface area contributed by atoms with E-state index in [0.29, 0.717) is 0 Å². The summed E-state index contributed by atoms with van der Waals surface area (Å²) in [5.74, 6) is 1.05. The van der Waals surface area contributed by atoms with E-state index in [1.807, 2.05) is 0 Å². The zero-order valence-electron chi connectivity index (χ0n) is 13.5. The molecule has 20 heavy (non-hydrogen) atoms. The number of aryl methyl sites for hydroxylation is 1. The minimum absolute atomic E-state index is 0.0929. The quantitative estimate of drug-likeness (QED) is 0.877. The zero-order chi connectivity index (χ0) is 14.8. The van der Waals surface area contributed by atoms with Gasteiger partial charge in [-0.05, 0) is 55.5 Å². The van der Waals surface area contributed by atoms with E-state index in [9.17, 15) is 0 Å². The van der Waals surface area contributed by atoms with Gasteiger partial charge in [-0.1, -0.05) is 32.9 Å². The zero-order valence-corrected chi connectivity index (χ0v) is 13.5. The second-order valence-electron chi connectivity index (χ2n) is 6.66. The predicted octanol–water partition coefficient (Wildman–Crippen LogP) is 4.07. The second kappa shape index (κ2) is 6.01. The third-order valence-electron chi connectivity index (χ3n) is 3.87. The van der Waals surface area contributed by atoms with E-state index in [-0.39, 0.29) is 5.41 Å². The van der Waals surface area contributed by atoms with Crippen LogP contribution in [0, 0.1) is 6.92 Å². The molecule has 110 valence electrons. The predicted molar refractivity (Wildman–Crippen MR) is 86.5 cm³/mol. The van der Waals surface area contributed by atoms with E-state index in [2.05, 4.69) is 51.2 Å². The van der Waals surface area contributed by atoms with Crippen molar-refractivity contribution in [2.75, 3.05) is 20.2 Å². The molecule has 0 fully saturated rings. The minimum atomic E-state index is 0.0929. The molecule has 0 unspecified atom stereocenters. The molecular formula is C18H27NO. The number of hydrogen-bond donors (Lipinski definition) is 1. The van der Waals surface area contributed by atoms with Gasteiger partial charge in [-0.2, -0.15) is 0 Å². The Morgan fingerprint density at radius 3 is 2.55 bits per heavy atom. The summed E-state index contributed by atoms with van der Waals surface area (Å²) in [7, 11) is 1.79. The average molecular weight is 273 g/mol. The molecule has 1 heterocycles. The Morgan fingerprint density at radius 1 is 1.15 bits per heavy atom. The molecule has 1 N–H and O–H groups in total. The Hall–Kier alpha value is -1.28. The standard InChI is InChI=1S/C18H27NO/c1-13-11-15(14-7-6-9-19-10-8-14)17(20-5)16(12-13)18(2,3)4/h7,11-12,19H,6,8-10H2,1-5H3. The number of methoxy groups -OCH3 is 1. The summed E-state index contributed by atoms with van der Waals surface area (Å²) in [6.07, 6.45) is 4.53. The molecule has 0 aromatic heterocycles. The minimum Gasteiger partial charge on any atom is -0.496 e. The lowest BCUT2D eigenvalue weighted by Gasteiger charge is -2.25. The van der Waals surface area contributed by atoms with Gasteiger partial charge in [0, 0.05) is 11.1 Å². The van der Waals surface area contributed by atoms with Crippen molar-refractivity contribution in [1.29, 1.82) is 0 Å². The summed E-state index contributed by atoms with van der Waals surface area (Å²) in [5.41, 5.74) is 5.40. The van der Waals surface area contributed by atoms with Crippen LogP contribution in [0.3, 0.4) is 0 Å². The molecule has 0 atom stereocenters. The van der Waals surface area contributed by atoms with Gasteiger partial charge in [-0.3, -0.25) is 0 Å². The van der Waals surface area contributed by atoms with Crippen molar-refractivity contribution in [3.8, 4) is 5.75 Å². The third-order valence-corrected chi connectivity index (χ3v) is 3.87. The molecule has 1 aliphatic rings. The fourth-order valence-corrected chi connectivity index (χ4v) is 2.83. The summed E-state index contributed by atoms with van der Waals surface area (Å²) in [5, 5.41) is 3.45. The van der Waals surface area contributed by atoms with Gasteiger partial charge in [0.2, 0.25) is 0 Å². The molecule has 2 rings (SSSR count). The van der Waals surface area contributed by atoms with Crippen LogP contribution in [0.15, 0.2) is 18.2 Å². The summed E-state index contributed by atoms with van der Waals surface area (Å²) in [4.78, 5) is 0. The number of benzene rings is 1. The van der Waals surface area contributed by atoms with Crippen LogP contribution in [0.1, 0.15) is 50.3 Å². The van der Waals surface area contributed by atoms with Crippen LogP contribution in [0.2, 0.25) is 0 Å². The van der Waals surface area contributed by atoms with E-state index in [0.717, 1.165) is 31.7 Å². The van der Waals surface area contributed by atoms with Gasteiger partial charge in [0.1, 0.15) is 5.75 Å². The lowest BCUT2D eigenvalue weighted by molar-refractivity contribution is 0.396. The Morgan fingerprint density at radius 2 is 1.90 bits per heavy atom. The lowest BCUT2D eigenvalue weighted by atomic mass is 9.82. The fraction of sp³-hybridized carbons (Fsp3) is 0.556. The molecule has 1 aromatic carbocycles. The number of rotatable bonds is 2. The number of ether oxygens (including phenoxy) is 1. The first-order valence-corrected chi connectivity index (χ1v) is 7.52. The first kappa shape index (κ1) is 15.1. The Bertz CT molecular complexity index is 509. The summed E-state index contributed by atoms with van der Waals surface area (Å²) in [6, 6.07) is 4.53. The van der Waals surface area contributed by atoms with E-state index in [4.69, 9.17) is 4.74 Å². The van der Waals surface area contributed by atoms with Gasteiger partial charge >= 0.3 is 0 Å². The van der Waals surface area contributed by atoms with Gasteiger partial charge in [0.05, 0.1) is 7.11 Å². The van der Waals surface area contributed by atoms with Crippen molar-refractivity contribution in [3.63, 3.8) is 0 Å². The second-order valence-corrected chi connectivity index (χ2v) is 6.66. The number of hydrogen-bond acceptors (Lipinski definition) is 2. The van der Waals surface area contributed by atoms with E-state index in [1.165, 1.54) is 22.3 Å². The maximum Gasteiger partial charge on any atom is 0.130 e. The maximum atomic E-state index is 5.79. The Labute approximate surface area is 123 Å². The largest absolute Gasteiger partial charge is 0.496 e. The first-order valence-electron chi connectivity index (χ1n) is 7.52. The molecule has 1 aromatic rings. The van der Waals surface area contributed by atoms with Crippen LogP contribution in [0.25, 0.3) is 5.57 Å². The molecule has 1 aliphatic heterocycles. The lowest BCUT2D eigenvalue weighted by Crippen LogP contribution is -2.15. The average Bonchev–Trinajstić information content (AvgIpc) is 2.65. The van der Waals surface area contributed by atoms with Gasteiger partial charge in [0.25, 0.3) is 0 Å². The third kappa shape index (κ3) is 3.24. The highest BCUT2D eigenvalue weighted by atomic mass is 16.5. The molecule has 0 radical (unpaired) electrons. The molecule has 2 nitrogen and oxygen atoms in total. The Balaban J connectivity index is 2.57. The highest BCUT2D eigenvalue weighted by Crippen LogP contribution is 2.39. The van der Waals surface area contributed by atoms with Gasteiger partial charge in [-0.25, -0.2) is 0 Å². The Kier molecular flexibility index (Phi) is 4.54. The molecule has 0 bridgehead atoms. The molecule has 0 spiro atoms. The van der Waals surface area contributed by atoms with Crippen molar-refractivity contribution < 1.29 is 4.74 Å². The molecule has 0 saturated heterocycles. The van der Waals surface area contributed by atoms with E-state index < -0.39 is 0 Å². The molecule has 0 saturated carbocycles. The van der Waals surface area contributed by atoms with E-state index >= 15 is 0 Å². The molecule has 0 amide bonds. The van der Waals surface area contributed by atoms with Crippen molar-refractivity contribution in [2.45, 2.75) is 46.0 Å². The van der Waals surface area contributed by atoms with Crippen LogP contribution in [0.5, 0.6) is 5.75 Å². The van der Waals surface area contributed by atoms with Crippen molar-refractivity contribution in [2.24, 2.45) is 0 Å². The van der Waals surface area contributed by atoms with Gasteiger partial charge in [-0.15, -0.1) is 0 Å². The molecular weight excluding hydrogens is 246 g/mol. The van der Waals surface area contributed by atoms with Crippen LogP contribution in [0.4, 0.5) is 0 Å². The van der Waals surface area contributed by atoms with Crippen LogP contribution < -0.4 is 10.1 Å². The van der Waals surface area contributed by atoms with Crippen molar-refractivity contribution >= 4 is 5.57 Å². The maximum absolute atomic E-state index is 5.79. The summed E-state index contributed by atoms with van der Waals surface area (Å²) in [6.45, 7) is 11.0. The van der Waals surface area contributed by atoms with E-state index in [1.54, 1.807) is 7.11 Å². The van der Waals surface area contributed by atoms with Crippen molar-refractivity contribution in [1.82, 2.24) is 5.32 Å². The fourth-order valence-electron chi connectivity index (χ4n) is 2.83.